The number of carboxylic acids is 1. The maximum atomic E-state index is 12.1. The van der Waals surface area contributed by atoms with E-state index in [4.69, 9.17) is 5.11 Å². The van der Waals surface area contributed by atoms with E-state index < -0.39 is 23.3 Å². The van der Waals surface area contributed by atoms with Crippen LogP contribution in [0.4, 0.5) is 5.95 Å². The minimum absolute atomic E-state index is 0.152. The Bertz CT molecular complexity index is 873. The van der Waals surface area contributed by atoms with Gasteiger partial charge in [-0.2, -0.15) is 0 Å². The summed E-state index contributed by atoms with van der Waals surface area (Å²) in [5.74, 6) is -2.46. The second-order valence-electron chi connectivity index (χ2n) is 5.58. The van der Waals surface area contributed by atoms with E-state index in [2.05, 4.69) is 20.6 Å². The van der Waals surface area contributed by atoms with Crippen molar-refractivity contribution in [2.75, 3.05) is 5.32 Å². The van der Waals surface area contributed by atoms with Gasteiger partial charge in [0.15, 0.2) is 0 Å². The number of hydrogen-bond acceptors (Lipinski definition) is 5. The molecule has 0 bridgehead atoms. The maximum absolute atomic E-state index is 12.1. The molecule has 1 heterocycles. The van der Waals surface area contributed by atoms with Crippen LogP contribution in [0, 0.1) is 6.92 Å². The van der Waals surface area contributed by atoms with Gasteiger partial charge in [-0.1, -0.05) is 29.8 Å². The first kappa shape index (κ1) is 18.8. The summed E-state index contributed by atoms with van der Waals surface area (Å²) in [6.07, 6.45) is 0.462. The van der Waals surface area contributed by atoms with Crippen LogP contribution in [0.15, 0.2) is 35.3 Å². The van der Waals surface area contributed by atoms with E-state index >= 15 is 0 Å². The molecule has 0 atom stereocenters. The molecule has 0 fully saturated rings. The molecular weight excluding hydrogens is 340 g/mol. The van der Waals surface area contributed by atoms with Gasteiger partial charge in [-0.05, 0) is 12.5 Å². The first-order chi connectivity index (χ1) is 12.3. The van der Waals surface area contributed by atoms with Crippen LogP contribution >= 0.6 is 0 Å². The summed E-state index contributed by atoms with van der Waals surface area (Å²) in [7, 11) is 0. The van der Waals surface area contributed by atoms with Crippen molar-refractivity contribution in [1.82, 2.24) is 15.3 Å². The summed E-state index contributed by atoms with van der Waals surface area (Å²) in [5.41, 5.74) is 1.08. The van der Waals surface area contributed by atoms with Crippen molar-refractivity contribution in [3.05, 3.63) is 57.5 Å². The van der Waals surface area contributed by atoms with E-state index in [9.17, 15) is 19.2 Å². The lowest BCUT2D eigenvalue weighted by Gasteiger charge is -2.07. The number of anilines is 1. The molecular formula is C17H18N4O5. The highest BCUT2D eigenvalue weighted by Gasteiger charge is 2.13. The number of nitrogens with one attached hydrogen (secondary N) is 3. The normalized spacial score (nSPS) is 10.2. The van der Waals surface area contributed by atoms with Crippen LogP contribution in [-0.2, 0) is 16.1 Å². The molecule has 2 amide bonds. The highest BCUT2D eigenvalue weighted by atomic mass is 16.4. The predicted octanol–water partition coefficient (Wildman–Crippen LogP) is 0.812. The smallest absolute Gasteiger partial charge is 0.303 e. The number of carbonyl (C=O) groups excluding carboxylic acids is 2. The van der Waals surface area contributed by atoms with Gasteiger partial charge in [-0.3, -0.25) is 29.5 Å². The Labute approximate surface area is 148 Å². The van der Waals surface area contributed by atoms with Crippen LogP contribution < -0.4 is 16.2 Å². The fraction of sp³-hybridized carbons (Fsp3) is 0.235. The molecule has 9 heteroatoms. The lowest BCUT2D eigenvalue weighted by molar-refractivity contribution is -0.138. The molecule has 0 saturated carbocycles. The van der Waals surface area contributed by atoms with E-state index in [1.807, 2.05) is 31.2 Å². The summed E-state index contributed by atoms with van der Waals surface area (Å²) in [4.78, 5) is 52.1. The summed E-state index contributed by atoms with van der Waals surface area (Å²) in [6.45, 7) is 2.21. The third-order valence-electron chi connectivity index (χ3n) is 3.44. The molecule has 0 spiro atoms. The number of nitrogens with zero attached hydrogens (tertiary/aromatic N) is 1. The second kappa shape index (κ2) is 8.56. The molecule has 0 radical (unpaired) electrons. The first-order valence-corrected chi connectivity index (χ1v) is 7.80. The van der Waals surface area contributed by atoms with Crippen LogP contribution in [0.1, 0.15) is 34.3 Å². The van der Waals surface area contributed by atoms with Gasteiger partial charge >= 0.3 is 5.97 Å². The number of carbonyl (C=O) groups is 3. The van der Waals surface area contributed by atoms with Crippen molar-refractivity contribution in [1.29, 1.82) is 0 Å². The van der Waals surface area contributed by atoms with Crippen molar-refractivity contribution >= 4 is 23.7 Å². The van der Waals surface area contributed by atoms with Crippen LogP contribution in [-0.4, -0.2) is 32.9 Å². The molecule has 9 nitrogen and oxygen atoms in total. The van der Waals surface area contributed by atoms with Gasteiger partial charge in [-0.15, -0.1) is 0 Å². The molecule has 2 aromatic rings. The summed E-state index contributed by atoms with van der Waals surface area (Å²) in [6, 6.07) is 7.57. The highest BCUT2D eigenvalue weighted by molar-refractivity contribution is 5.94. The van der Waals surface area contributed by atoms with Gasteiger partial charge in [0, 0.05) is 19.2 Å². The first-order valence-electron chi connectivity index (χ1n) is 7.80. The van der Waals surface area contributed by atoms with Crippen molar-refractivity contribution in [3.8, 4) is 0 Å². The number of rotatable bonds is 7. The lowest BCUT2D eigenvalue weighted by Crippen LogP contribution is -2.30. The average Bonchev–Trinajstić information content (AvgIpc) is 2.59. The SMILES string of the molecule is Cc1ccc(CNC(=O)c2cnc(NC(=O)CCC(=O)O)[nH]c2=O)cc1. The molecule has 1 aromatic carbocycles. The molecule has 1 aromatic heterocycles. The zero-order valence-electron chi connectivity index (χ0n) is 14.0. The van der Waals surface area contributed by atoms with Crippen LogP contribution in [0.25, 0.3) is 0 Å². The monoisotopic (exact) mass is 358 g/mol. The largest absolute Gasteiger partial charge is 0.481 e. The van der Waals surface area contributed by atoms with Gasteiger partial charge in [0.05, 0.1) is 6.42 Å². The molecule has 136 valence electrons. The standard InChI is InChI=1S/C17H18N4O5/c1-10-2-4-11(5-3-10)8-18-15(25)12-9-19-17(21-16(12)26)20-13(22)6-7-14(23)24/h2-5,9H,6-8H2,1H3,(H,18,25)(H,23,24)(H2,19,20,21,22,26). The van der Waals surface area contributed by atoms with Crippen molar-refractivity contribution in [2.45, 2.75) is 26.3 Å². The third kappa shape index (κ3) is 5.55. The third-order valence-corrected chi connectivity index (χ3v) is 3.44. The Hall–Kier alpha value is -3.49. The van der Waals surface area contributed by atoms with E-state index in [-0.39, 0.29) is 30.9 Å². The zero-order valence-corrected chi connectivity index (χ0v) is 14.0. The Kier molecular flexibility index (Phi) is 6.20. The van der Waals surface area contributed by atoms with E-state index in [1.165, 1.54) is 0 Å². The topological polar surface area (TPSA) is 141 Å². The van der Waals surface area contributed by atoms with Gasteiger partial charge in [0.2, 0.25) is 11.9 Å². The minimum Gasteiger partial charge on any atom is -0.481 e. The molecule has 0 unspecified atom stereocenters. The number of aryl methyl sites for hydroxylation is 1. The lowest BCUT2D eigenvalue weighted by atomic mass is 10.1. The van der Waals surface area contributed by atoms with Gasteiger partial charge in [-0.25, -0.2) is 4.98 Å². The quantitative estimate of drug-likeness (QED) is 0.577. The summed E-state index contributed by atoms with van der Waals surface area (Å²) >= 11 is 0. The van der Waals surface area contributed by atoms with E-state index in [0.717, 1.165) is 17.3 Å². The van der Waals surface area contributed by atoms with Crippen LogP contribution in [0.2, 0.25) is 0 Å². The molecule has 0 aliphatic rings. The Morgan fingerprint density at radius 3 is 2.46 bits per heavy atom. The Morgan fingerprint density at radius 2 is 1.85 bits per heavy atom. The van der Waals surface area contributed by atoms with Gasteiger partial charge in [0.1, 0.15) is 5.56 Å². The molecule has 0 aliphatic heterocycles. The Morgan fingerprint density at radius 1 is 1.15 bits per heavy atom. The molecule has 0 aliphatic carbocycles. The van der Waals surface area contributed by atoms with E-state index in [0.29, 0.717) is 0 Å². The number of H-pyrrole nitrogens is 1. The molecule has 4 N–H and O–H groups in total. The second-order valence-corrected chi connectivity index (χ2v) is 5.58. The minimum atomic E-state index is -1.11. The number of aromatic amines is 1. The molecule has 0 saturated heterocycles. The van der Waals surface area contributed by atoms with Gasteiger partial charge < -0.3 is 10.4 Å². The highest BCUT2D eigenvalue weighted by Crippen LogP contribution is 2.03. The van der Waals surface area contributed by atoms with E-state index in [1.54, 1.807) is 0 Å². The number of aliphatic carboxylic acids is 1. The maximum Gasteiger partial charge on any atom is 0.303 e. The molecule has 26 heavy (non-hydrogen) atoms. The molecule has 2 rings (SSSR count). The fourth-order valence-corrected chi connectivity index (χ4v) is 2.02. The number of carboxylic acid groups (broad SMARTS) is 1. The average molecular weight is 358 g/mol. The zero-order chi connectivity index (χ0) is 19.1. The predicted molar refractivity (Wildman–Crippen MR) is 92.7 cm³/mol. The van der Waals surface area contributed by atoms with Crippen LogP contribution in [0.5, 0.6) is 0 Å². The number of benzene rings is 1. The van der Waals surface area contributed by atoms with Gasteiger partial charge in [0.25, 0.3) is 11.5 Å². The number of aromatic nitrogens is 2. The fourth-order valence-electron chi connectivity index (χ4n) is 2.02. The summed E-state index contributed by atoms with van der Waals surface area (Å²) < 4.78 is 0. The number of hydrogen-bond donors (Lipinski definition) is 4. The summed E-state index contributed by atoms with van der Waals surface area (Å²) in [5, 5.41) is 13.4. The Balaban J connectivity index is 1.96. The van der Waals surface area contributed by atoms with Crippen LogP contribution in [0.3, 0.4) is 0 Å². The van der Waals surface area contributed by atoms with Crippen molar-refractivity contribution < 1.29 is 19.5 Å². The van der Waals surface area contributed by atoms with Crippen molar-refractivity contribution in [2.24, 2.45) is 0 Å². The van der Waals surface area contributed by atoms with Crippen molar-refractivity contribution in [3.63, 3.8) is 0 Å². The number of amides is 2.